The number of benzene rings is 4. The van der Waals surface area contributed by atoms with Gasteiger partial charge in [0.1, 0.15) is 5.69 Å². The lowest BCUT2D eigenvalue weighted by molar-refractivity contribution is -0.664. The fourth-order valence-electron chi connectivity index (χ4n) is 2.81. The highest BCUT2D eigenvalue weighted by molar-refractivity contribution is 5.70. The minimum absolute atomic E-state index is 0.484. The maximum absolute atomic E-state index is 12.4. The molecule has 34 heavy (non-hydrogen) atoms. The summed E-state index contributed by atoms with van der Waals surface area (Å²) >= 11 is 0. The molecule has 10 heteroatoms. The third kappa shape index (κ3) is 6.11. The summed E-state index contributed by atoms with van der Waals surface area (Å²) in [4.78, 5) is 11.4. The summed E-state index contributed by atoms with van der Waals surface area (Å²) in [6.07, 6.45) is 0. The average Bonchev–Trinajstić information content (AvgIpc) is 3.22. The summed E-state index contributed by atoms with van der Waals surface area (Å²) in [5.41, 5.74) is 5.01. The molecule has 0 amide bonds. The molecule has 0 bridgehead atoms. The second-order valence-electron chi connectivity index (χ2n) is 6.71. The van der Waals surface area contributed by atoms with Crippen LogP contribution in [0.3, 0.4) is 0 Å². The molecule has 0 radical (unpaired) electrons. The first-order chi connectivity index (χ1) is 16.5. The summed E-state index contributed by atoms with van der Waals surface area (Å²) in [5, 5.41) is 26.2. The normalized spacial score (nSPS) is 9.82. The van der Waals surface area contributed by atoms with Crippen LogP contribution in [0, 0.1) is 21.1 Å². The fraction of sp³-hybridized carbons (Fsp3) is 0. The van der Waals surface area contributed by atoms with E-state index < -0.39 is 16.4 Å². The van der Waals surface area contributed by atoms with Crippen LogP contribution in [0.15, 0.2) is 109 Å². The van der Waals surface area contributed by atoms with Crippen molar-refractivity contribution < 1.29 is 14.2 Å². The number of hydrogen-bond acceptors (Lipinski definition) is 6. The number of nitro groups is 1. The number of nitrogens with zero attached hydrogens (tertiary/aromatic N) is 4. The van der Waals surface area contributed by atoms with E-state index in [-0.39, 0.29) is 0 Å². The Hall–Kier alpha value is -4.83. The first-order valence-corrected chi connectivity index (χ1v) is 10.0. The Bertz CT molecular complexity index is 1350. The number of nitrogens with two attached hydrogens (primary N) is 1. The van der Waals surface area contributed by atoms with Crippen molar-refractivity contribution in [2.75, 3.05) is 5.43 Å². The number of para-hydroxylation sites is 4. The van der Waals surface area contributed by atoms with Crippen molar-refractivity contribution in [3.8, 4) is 5.69 Å². The zero-order chi connectivity index (χ0) is 24.3. The zero-order valence-electron chi connectivity index (χ0n) is 17.9. The molecule has 5 aromatic rings. The van der Waals surface area contributed by atoms with Crippen LogP contribution in [0.1, 0.15) is 0 Å². The molecule has 0 aliphatic rings. The lowest BCUT2D eigenvalue weighted by atomic mass is 10.3. The van der Waals surface area contributed by atoms with E-state index in [9.17, 15) is 19.7 Å². The van der Waals surface area contributed by atoms with Crippen molar-refractivity contribution in [1.29, 1.82) is 0 Å². The van der Waals surface area contributed by atoms with Crippen LogP contribution in [0.4, 0.5) is 15.8 Å². The predicted molar refractivity (Wildman–Crippen MR) is 127 cm³/mol. The molecule has 0 spiro atoms. The van der Waals surface area contributed by atoms with Gasteiger partial charge < -0.3 is 10.6 Å². The van der Waals surface area contributed by atoms with E-state index in [4.69, 9.17) is 5.84 Å². The van der Waals surface area contributed by atoms with Gasteiger partial charge in [0.05, 0.1) is 10.0 Å². The smallest absolute Gasteiger partial charge is 0.304 e. The number of halogens is 1. The molecule has 0 unspecified atom stereocenters. The highest BCUT2D eigenvalue weighted by Gasteiger charge is 2.14. The van der Waals surface area contributed by atoms with Crippen LogP contribution >= 0.6 is 0 Å². The second-order valence-corrected chi connectivity index (χ2v) is 6.71. The topological polar surface area (TPSA) is 126 Å². The van der Waals surface area contributed by atoms with Gasteiger partial charge in [0, 0.05) is 11.8 Å². The van der Waals surface area contributed by atoms with E-state index in [0.717, 1.165) is 28.4 Å². The van der Waals surface area contributed by atoms with Gasteiger partial charge in [-0.25, -0.2) is 0 Å². The molecule has 0 atom stereocenters. The third-order valence-electron chi connectivity index (χ3n) is 4.44. The Labute approximate surface area is 194 Å². The van der Waals surface area contributed by atoms with Crippen LogP contribution in [0.2, 0.25) is 0 Å². The highest BCUT2D eigenvalue weighted by Crippen LogP contribution is 2.14. The quantitative estimate of drug-likeness (QED) is 0.135. The average molecular weight is 460 g/mol. The number of hydrazine groups is 1. The van der Waals surface area contributed by atoms with Crippen LogP contribution in [-0.2, 0) is 0 Å². The van der Waals surface area contributed by atoms with Crippen molar-refractivity contribution >= 4 is 22.4 Å². The van der Waals surface area contributed by atoms with E-state index in [0.29, 0.717) is 11.0 Å². The monoisotopic (exact) mass is 460 g/mol. The molecule has 0 saturated carbocycles. The Morgan fingerprint density at radius 3 is 1.94 bits per heavy atom. The molecule has 1 heterocycles. The Morgan fingerprint density at radius 1 is 0.853 bits per heavy atom. The second kappa shape index (κ2) is 11.7. The van der Waals surface area contributed by atoms with Gasteiger partial charge in [-0.05, 0) is 47.3 Å². The van der Waals surface area contributed by atoms with Gasteiger partial charge in [0.15, 0.2) is 0 Å². The minimum Gasteiger partial charge on any atom is -0.692 e. The lowest BCUT2D eigenvalue weighted by Crippen LogP contribution is -2.37. The standard InChI is InChI=1S/C12H9N3O.C6H4FNO2.C6H8N2/c16-15-12-9-5-4-8-11(12)13-14(15)10-6-2-1-3-7-10;7-5-3-1-2-4-6(5)8(9)10;7-8-6-4-2-1-3-5-6/h1-9H;1-4H;1-5,8H,7H2. The van der Waals surface area contributed by atoms with Crippen LogP contribution in [-0.4, -0.2) is 14.8 Å². The van der Waals surface area contributed by atoms with E-state index >= 15 is 0 Å². The molecular weight excluding hydrogens is 439 g/mol. The number of nitrogens with one attached hydrogen (secondary N) is 1. The molecule has 1 aromatic heterocycles. The molecule has 0 aliphatic heterocycles. The number of aromatic nitrogens is 3. The first kappa shape index (κ1) is 23.8. The zero-order valence-corrected chi connectivity index (χ0v) is 17.9. The van der Waals surface area contributed by atoms with Gasteiger partial charge in [-0.1, -0.05) is 60.7 Å². The summed E-state index contributed by atoms with van der Waals surface area (Å²) in [7, 11) is 0. The molecule has 0 saturated heterocycles. The number of nitro benzene ring substituents is 1. The van der Waals surface area contributed by atoms with Gasteiger partial charge in [-0.3, -0.25) is 16.0 Å². The van der Waals surface area contributed by atoms with Gasteiger partial charge in [-0.15, -0.1) is 4.85 Å². The van der Waals surface area contributed by atoms with E-state index in [1.807, 2.05) is 78.9 Å². The number of fused-ring (bicyclic) bond motifs is 1. The van der Waals surface area contributed by atoms with Gasteiger partial charge in [-0.2, -0.15) is 4.39 Å². The SMILES string of the molecule is NNc1ccccc1.O=[N+]([O-])c1ccccc1F.[O-][n+]1c2ccccc2nn1-c1ccccc1. The summed E-state index contributed by atoms with van der Waals surface area (Å²) in [6, 6.07) is 31.2. The summed E-state index contributed by atoms with van der Waals surface area (Å²) in [5.74, 6) is 4.30. The first-order valence-electron chi connectivity index (χ1n) is 10.0. The predicted octanol–water partition coefficient (Wildman–Crippen LogP) is 4.37. The van der Waals surface area contributed by atoms with Crippen molar-refractivity contribution in [2.45, 2.75) is 0 Å². The number of nitrogen functional groups attached to an aromatic ring is 1. The van der Waals surface area contributed by atoms with Crippen LogP contribution in [0.5, 0.6) is 0 Å². The van der Waals surface area contributed by atoms with E-state index in [2.05, 4.69) is 10.5 Å². The van der Waals surface area contributed by atoms with Gasteiger partial charge in [0.2, 0.25) is 16.9 Å². The molecule has 4 aromatic carbocycles. The largest absolute Gasteiger partial charge is 0.692 e. The van der Waals surface area contributed by atoms with Gasteiger partial charge in [0.25, 0.3) is 0 Å². The molecule has 172 valence electrons. The highest BCUT2D eigenvalue weighted by atomic mass is 19.1. The summed E-state index contributed by atoms with van der Waals surface area (Å²) in [6.45, 7) is 0. The van der Waals surface area contributed by atoms with E-state index in [1.165, 1.54) is 16.9 Å². The molecule has 0 fully saturated rings. The number of rotatable bonds is 3. The molecular formula is C24H21FN6O3. The molecule has 9 nitrogen and oxygen atoms in total. The molecule has 3 N–H and O–H groups in total. The van der Waals surface area contributed by atoms with Crippen molar-refractivity contribution in [3.63, 3.8) is 0 Å². The van der Waals surface area contributed by atoms with Crippen molar-refractivity contribution in [1.82, 2.24) is 9.90 Å². The number of hydrogen-bond donors (Lipinski definition) is 2. The molecule has 5 rings (SSSR count). The Balaban J connectivity index is 0.000000155. The van der Waals surface area contributed by atoms with E-state index in [1.54, 1.807) is 6.07 Å². The Kier molecular flexibility index (Phi) is 8.19. The van der Waals surface area contributed by atoms with Gasteiger partial charge >= 0.3 is 5.69 Å². The fourth-order valence-corrected chi connectivity index (χ4v) is 2.81. The maximum atomic E-state index is 12.4. The van der Waals surface area contributed by atoms with Crippen LogP contribution in [0.25, 0.3) is 16.7 Å². The maximum Gasteiger partial charge on any atom is 0.304 e. The van der Waals surface area contributed by atoms with Crippen LogP contribution < -0.4 is 16.1 Å². The molecule has 0 aliphatic carbocycles. The number of anilines is 1. The minimum atomic E-state index is -0.799. The van der Waals surface area contributed by atoms with Crippen molar-refractivity contribution in [2.24, 2.45) is 5.84 Å². The van der Waals surface area contributed by atoms with Crippen molar-refractivity contribution in [3.05, 3.63) is 130 Å². The summed E-state index contributed by atoms with van der Waals surface area (Å²) < 4.78 is 12.4. The lowest BCUT2D eigenvalue weighted by Gasteiger charge is -2.02. The third-order valence-corrected chi connectivity index (χ3v) is 4.44. The Morgan fingerprint density at radius 2 is 1.41 bits per heavy atom.